The van der Waals surface area contributed by atoms with Crippen LogP contribution < -0.4 is 5.73 Å². The first-order valence-electron chi connectivity index (χ1n) is 6.40. The molecule has 0 saturated carbocycles. The van der Waals surface area contributed by atoms with Gasteiger partial charge in [-0.1, -0.05) is 30.7 Å². The number of hydrogen-bond acceptors (Lipinski definition) is 3. The molecule has 2 N–H and O–H groups in total. The van der Waals surface area contributed by atoms with Crippen LogP contribution in [-0.2, 0) is 6.42 Å². The molecular weight excluding hydrogens is 224 g/mol. The molecule has 0 saturated heterocycles. The molecule has 1 atom stereocenters. The fourth-order valence-corrected chi connectivity index (χ4v) is 2.10. The molecule has 0 radical (unpaired) electrons. The Morgan fingerprint density at radius 1 is 1.28 bits per heavy atom. The molecule has 1 unspecified atom stereocenters. The van der Waals surface area contributed by atoms with Gasteiger partial charge in [0.2, 0.25) is 0 Å². The third-order valence-corrected chi connectivity index (χ3v) is 3.08. The van der Waals surface area contributed by atoms with Crippen molar-refractivity contribution >= 4 is 0 Å². The summed E-state index contributed by atoms with van der Waals surface area (Å²) in [6.45, 7) is 6.11. The Kier molecular flexibility index (Phi) is 3.77. The molecular formula is C14H20N4. The summed E-state index contributed by atoms with van der Waals surface area (Å²) in [5.74, 6) is 0. The zero-order valence-electron chi connectivity index (χ0n) is 11.2. The molecule has 4 heteroatoms. The molecule has 1 heterocycles. The van der Waals surface area contributed by atoms with E-state index in [1.165, 1.54) is 5.56 Å². The normalized spacial score (nSPS) is 12.7. The number of nitrogens with zero attached hydrogens (tertiary/aromatic N) is 3. The Morgan fingerprint density at radius 2 is 1.94 bits per heavy atom. The third kappa shape index (κ3) is 2.43. The number of nitrogens with two attached hydrogens (primary N) is 1. The van der Waals surface area contributed by atoms with Crippen LogP contribution in [-0.4, -0.2) is 15.0 Å². The summed E-state index contributed by atoms with van der Waals surface area (Å²) in [6.07, 6.45) is 2.28. The molecule has 4 nitrogen and oxygen atoms in total. The average molecular weight is 244 g/mol. The molecule has 0 amide bonds. The molecule has 2 rings (SSSR count). The molecule has 0 bridgehead atoms. The molecule has 0 aliphatic carbocycles. The van der Waals surface area contributed by atoms with Crippen LogP contribution in [0.2, 0.25) is 0 Å². The fraction of sp³-hybridized carbons (Fsp3) is 0.429. The van der Waals surface area contributed by atoms with Gasteiger partial charge in [-0.05, 0) is 38.0 Å². The monoisotopic (exact) mass is 244 g/mol. The molecule has 0 fully saturated rings. The van der Waals surface area contributed by atoms with E-state index in [2.05, 4.69) is 41.5 Å². The van der Waals surface area contributed by atoms with Crippen molar-refractivity contribution in [3.05, 3.63) is 41.2 Å². The van der Waals surface area contributed by atoms with Gasteiger partial charge in [-0.2, -0.15) is 0 Å². The maximum absolute atomic E-state index is 5.85. The SMILES string of the molecule is CCCc1ccc(-n2nnc(C(C)N)c2C)cc1. The summed E-state index contributed by atoms with van der Waals surface area (Å²) >= 11 is 0. The van der Waals surface area contributed by atoms with Crippen molar-refractivity contribution in [2.75, 3.05) is 0 Å². The van der Waals surface area contributed by atoms with E-state index in [1.54, 1.807) is 0 Å². The molecule has 0 spiro atoms. The van der Waals surface area contributed by atoms with E-state index < -0.39 is 0 Å². The van der Waals surface area contributed by atoms with Crippen molar-refractivity contribution in [2.24, 2.45) is 5.73 Å². The lowest BCUT2D eigenvalue weighted by atomic mass is 10.1. The molecule has 0 aliphatic rings. The van der Waals surface area contributed by atoms with Gasteiger partial charge in [-0.15, -0.1) is 5.10 Å². The first-order chi connectivity index (χ1) is 8.63. The van der Waals surface area contributed by atoms with E-state index in [1.807, 2.05) is 18.5 Å². The first-order valence-corrected chi connectivity index (χ1v) is 6.40. The smallest absolute Gasteiger partial charge is 0.102 e. The summed E-state index contributed by atoms with van der Waals surface area (Å²) in [7, 11) is 0. The molecule has 1 aromatic heterocycles. The number of rotatable bonds is 4. The van der Waals surface area contributed by atoms with Gasteiger partial charge in [0.25, 0.3) is 0 Å². The molecule has 1 aromatic carbocycles. The minimum Gasteiger partial charge on any atom is -0.323 e. The summed E-state index contributed by atoms with van der Waals surface area (Å²) in [5, 5.41) is 8.31. The van der Waals surface area contributed by atoms with Crippen LogP contribution in [0.4, 0.5) is 0 Å². The molecule has 2 aromatic rings. The first kappa shape index (κ1) is 12.8. The number of hydrogen-bond donors (Lipinski definition) is 1. The number of benzene rings is 1. The van der Waals surface area contributed by atoms with Gasteiger partial charge in [-0.25, -0.2) is 4.68 Å². The van der Waals surface area contributed by atoms with E-state index in [-0.39, 0.29) is 6.04 Å². The van der Waals surface area contributed by atoms with Gasteiger partial charge in [0.1, 0.15) is 5.69 Å². The van der Waals surface area contributed by atoms with Crippen molar-refractivity contribution < 1.29 is 0 Å². The lowest BCUT2D eigenvalue weighted by Gasteiger charge is -2.06. The van der Waals surface area contributed by atoms with Gasteiger partial charge in [0, 0.05) is 6.04 Å². The second-order valence-electron chi connectivity index (χ2n) is 4.68. The lowest BCUT2D eigenvalue weighted by Crippen LogP contribution is -2.08. The quantitative estimate of drug-likeness (QED) is 0.899. The van der Waals surface area contributed by atoms with Crippen LogP contribution in [0.3, 0.4) is 0 Å². The summed E-state index contributed by atoms with van der Waals surface area (Å²) in [5.41, 5.74) is 10.1. The van der Waals surface area contributed by atoms with Crippen LogP contribution in [0.25, 0.3) is 5.69 Å². The Bertz CT molecular complexity index is 511. The zero-order valence-corrected chi connectivity index (χ0v) is 11.2. The molecule has 96 valence electrons. The Balaban J connectivity index is 2.31. The zero-order chi connectivity index (χ0) is 13.1. The standard InChI is InChI=1S/C14H20N4/c1-4-5-12-6-8-13(9-7-12)18-11(3)14(10(2)15)16-17-18/h6-10H,4-5,15H2,1-3H3. The van der Waals surface area contributed by atoms with Crippen molar-refractivity contribution in [3.8, 4) is 5.69 Å². The Morgan fingerprint density at radius 3 is 2.44 bits per heavy atom. The van der Waals surface area contributed by atoms with Crippen molar-refractivity contribution in [1.29, 1.82) is 0 Å². The fourth-order valence-electron chi connectivity index (χ4n) is 2.10. The largest absolute Gasteiger partial charge is 0.323 e. The number of aryl methyl sites for hydroxylation is 1. The van der Waals surface area contributed by atoms with Crippen LogP contribution >= 0.6 is 0 Å². The van der Waals surface area contributed by atoms with E-state index in [4.69, 9.17) is 5.73 Å². The van der Waals surface area contributed by atoms with Gasteiger partial charge in [0.05, 0.1) is 11.4 Å². The number of aromatic nitrogens is 3. The van der Waals surface area contributed by atoms with E-state index >= 15 is 0 Å². The highest BCUT2D eigenvalue weighted by Crippen LogP contribution is 2.17. The summed E-state index contributed by atoms with van der Waals surface area (Å²) in [6, 6.07) is 8.37. The van der Waals surface area contributed by atoms with E-state index in [0.29, 0.717) is 0 Å². The van der Waals surface area contributed by atoms with Crippen molar-refractivity contribution in [1.82, 2.24) is 15.0 Å². The highest BCUT2D eigenvalue weighted by atomic mass is 15.4. The third-order valence-electron chi connectivity index (χ3n) is 3.08. The average Bonchev–Trinajstić information content (AvgIpc) is 2.73. The summed E-state index contributed by atoms with van der Waals surface area (Å²) < 4.78 is 1.84. The predicted octanol–water partition coefficient (Wildman–Crippen LogP) is 2.55. The Labute approximate surface area is 108 Å². The minimum absolute atomic E-state index is 0.0851. The maximum atomic E-state index is 5.85. The van der Waals surface area contributed by atoms with E-state index in [0.717, 1.165) is 29.9 Å². The van der Waals surface area contributed by atoms with Gasteiger partial charge in [-0.3, -0.25) is 0 Å². The van der Waals surface area contributed by atoms with Crippen LogP contribution in [0.15, 0.2) is 24.3 Å². The maximum Gasteiger partial charge on any atom is 0.102 e. The highest BCUT2D eigenvalue weighted by Gasteiger charge is 2.12. The minimum atomic E-state index is -0.0851. The van der Waals surface area contributed by atoms with Crippen LogP contribution in [0.1, 0.15) is 43.3 Å². The van der Waals surface area contributed by atoms with Crippen molar-refractivity contribution in [3.63, 3.8) is 0 Å². The predicted molar refractivity (Wildman–Crippen MR) is 72.7 cm³/mol. The molecule has 18 heavy (non-hydrogen) atoms. The van der Waals surface area contributed by atoms with Gasteiger partial charge >= 0.3 is 0 Å². The highest BCUT2D eigenvalue weighted by molar-refractivity contribution is 5.36. The molecule has 0 aliphatic heterocycles. The lowest BCUT2D eigenvalue weighted by molar-refractivity contribution is 0.756. The van der Waals surface area contributed by atoms with Crippen molar-refractivity contribution in [2.45, 2.75) is 39.7 Å². The topological polar surface area (TPSA) is 56.7 Å². The second kappa shape index (κ2) is 5.31. The van der Waals surface area contributed by atoms with Gasteiger partial charge < -0.3 is 5.73 Å². The van der Waals surface area contributed by atoms with Crippen LogP contribution in [0.5, 0.6) is 0 Å². The van der Waals surface area contributed by atoms with Crippen LogP contribution in [0, 0.1) is 6.92 Å². The Hall–Kier alpha value is -1.68. The van der Waals surface area contributed by atoms with Gasteiger partial charge in [0.15, 0.2) is 0 Å². The summed E-state index contributed by atoms with van der Waals surface area (Å²) in [4.78, 5) is 0. The second-order valence-corrected chi connectivity index (χ2v) is 4.68. The van der Waals surface area contributed by atoms with E-state index in [9.17, 15) is 0 Å².